The lowest BCUT2D eigenvalue weighted by Gasteiger charge is -2.32. The zero-order chi connectivity index (χ0) is 16.2. The highest BCUT2D eigenvalue weighted by Gasteiger charge is 2.57. The summed E-state index contributed by atoms with van der Waals surface area (Å²) >= 11 is 0. The Labute approximate surface area is 130 Å². The minimum Gasteiger partial charge on any atom is -0.493 e. The Bertz CT molecular complexity index is 541. The van der Waals surface area contributed by atoms with Crippen LogP contribution in [0.15, 0.2) is 24.3 Å². The van der Waals surface area contributed by atoms with Gasteiger partial charge in [0, 0.05) is 6.42 Å². The van der Waals surface area contributed by atoms with E-state index >= 15 is 0 Å². The summed E-state index contributed by atoms with van der Waals surface area (Å²) in [5.74, 6) is -2.60. The first-order valence-corrected chi connectivity index (χ1v) is 7.57. The zero-order valence-corrected chi connectivity index (χ0v) is 13.4. The number of hydrogen-bond donors (Lipinski definition) is 0. The predicted octanol–water partition coefficient (Wildman–Crippen LogP) is 3.02. The highest BCUT2D eigenvalue weighted by Crippen LogP contribution is 2.48. The molecule has 0 bridgehead atoms. The van der Waals surface area contributed by atoms with Crippen molar-refractivity contribution < 1.29 is 22.8 Å². The Morgan fingerprint density at radius 3 is 2.05 bits per heavy atom. The Balaban J connectivity index is 1.60. The van der Waals surface area contributed by atoms with Crippen LogP contribution in [0.5, 0.6) is 5.75 Å². The maximum absolute atomic E-state index is 12.8. The van der Waals surface area contributed by atoms with Crippen molar-refractivity contribution in [2.45, 2.75) is 51.2 Å². The standard InChI is InChI=1S/C16H21BF2O3/c1-14(2)15(3,4)22-17(21-14)12-5-7-13(8-6-12)20-10-11-9-16(11,18)19/h5-8,11H,9-10H2,1-4H3. The highest BCUT2D eigenvalue weighted by molar-refractivity contribution is 6.62. The van der Waals surface area contributed by atoms with Gasteiger partial charge in [-0.2, -0.15) is 0 Å². The van der Waals surface area contributed by atoms with E-state index in [2.05, 4.69) is 0 Å². The fourth-order valence-electron chi connectivity index (χ4n) is 2.35. The second-order valence-corrected chi connectivity index (χ2v) is 7.13. The van der Waals surface area contributed by atoms with Gasteiger partial charge in [0.25, 0.3) is 5.92 Å². The lowest BCUT2D eigenvalue weighted by atomic mass is 9.79. The molecule has 22 heavy (non-hydrogen) atoms. The topological polar surface area (TPSA) is 27.7 Å². The second-order valence-electron chi connectivity index (χ2n) is 7.13. The molecule has 0 aromatic heterocycles. The predicted molar refractivity (Wildman–Crippen MR) is 80.7 cm³/mol. The lowest BCUT2D eigenvalue weighted by Crippen LogP contribution is -2.41. The summed E-state index contributed by atoms with van der Waals surface area (Å²) in [6, 6.07) is 7.23. The van der Waals surface area contributed by atoms with Crippen LogP contribution < -0.4 is 10.2 Å². The van der Waals surface area contributed by atoms with Crippen molar-refractivity contribution in [3.8, 4) is 5.75 Å². The summed E-state index contributed by atoms with van der Waals surface area (Å²) in [6.45, 7) is 8.06. The van der Waals surface area contributed by atoms with E-state index in [9.17, 15) is 8.78 Å². The van der Waals surface area contributed by atoms with Gasteiger partial charge in [0.05, 0.1) is 23.7 Å². The molecule has 0 radical (unpaired) electrons. The van der Waals surface area contributed by atoms with Crippen molar-refractivity contribution in [1.29, 1.82) is 0 Å². The van der Waals surface area contributed by atoms with Gasteiger partial charge in [-0.15, -0.1) is 0 Å². The van der Waals surface area contributed by atoms with Crippen LogP contribution in [0.4, 0.5) is 8.78 Å². The van der Waals surface area contributed by atoms with Crippen LogP contribution in [0.25, 0.3) is 0 Å². The highest BCUT2D eigenvalue weighted by atomic mass is 19.3. The molecule has 1 aromatic rings. The van der Waals surface area contributed by atoms with Crippen LogP contribution >= 0.6 is 0 Å². The molecule has 0 N–H and O–H groups in total. The summed E-state index contributed by atoms with van der Waals surface area (Å²) in [5, 5.41) is 0. The van der Waals surface area contributed by atoms with E-state index in [-0.39, 0.29) is 24.2 Å². The lowest BCUT2D eigenvalue weighted by molar-refractivity contribution is 0.00578. The average Bonchev–Trinajstić information content (AvgIpc) is 2.95. The van der Waals surface area contributed by atoms with Crippen molar-refractivity contribution in [3.63, 3.8) is 0 Å². The number of alkyl halides is 2. The van der Waals surface area contributed by atoms with Crippen molar-refractivity contribution in [2.75, 3.05) is 6.61 Å². The minimum atomic E-state index is -2.54. The molecule has 0 spiro atoms. The van der Waals surface area contributed by atoms with Gasteiger partial charge in [-0.25, -0.2) is 8.78 Å². The van der Waals surface area contributed by atoms with Crippen LogP contribution in [0, 0.1) is 5.92 Å². The van der Waals surface area contributed by atoms with E-state index in [0.717, 1.165) is 5.46 Å². The molecule has 2 aliphatic rings. The summed E-state index contributed by atoms with van der Waals surface area (Å²) in [7, 11) is -0.424. The quantitative estimate of drug-likeness (QED) is 0.800. The van der Waals surface area contributed by atoms with E-state index < -0.39 is 19.0 Å². The number of benzene rings is 1. The summed E-state index contributed by atoms with van der Waals surface area (Å²) in [4.78, 5) is 0. The Hall–Kier alpha value is -1.14. The SMILES string of the molecule is CC1(C)OB(c2ccc(OCC3CC3(F)F)cc2)OC1(C)C. The van der Waals surface area contributed by atoms with E-state index in [1.54, 1.807) is 12.1 Å². The zero-order valence-electron chi connectivity index (χ0n) is 13.4. The summed E-state index contributed by atoms with van der Waals surface area (Å²) < 4.78 is 42.9. The van der Waals surface area contributed by atoms with E-state index in [1.807, 2.05) is 39.8 Å². The molecular formula is C16H21BF2O3. The van der Waals surface area contributed by atoms with Gasteiger partial charge in [0.2, 0.25) is 0 Å². The molecule has 1 heterocycles. The van der Waals surface area contributed by atoms with E-state index in [0.29, 0.717) is 5.75 Å². The van der Waals surface area contributed by atoms with Gasteiger partial charge in [-0.3, -0.25) is 0 Å². The van der Waals surface area contributed by atoms with Gasteiger partial charge in [0.15, 0.2) is 0 Å². The smallest absolute Gasteiger partial charge is 0.493 e. The molecular weight excluding hydrogens is 289 g/mol. The Kier molecular flexibility index (Phi) is 3.53. The third kappa shape index (κ3) is 2.86. The van der Waals surface area contributed by atoms with E-state index in [1.165, 1.54) is 0 Å². The van der Waals surface area contributed by atoms with Crippen LogP contribution in [0.1, 0.15) is 34.1 Å². The first-order chi connectivity index (χ1) is 10.1. The second kappa shape index (κ2) is 4.93. The molecule has 1 aliphatic heterocycles. The average molecular weight is 310 g/mol. The monoisotopic (exact) mass is 310 g/mol. The van der Waals surface area contributed by atoms with Crippen LogP contribution in [0.3, 0.4) is 0 Å². The first-order valence-electron chi connectivity index (χ1n) is 7.57. The van der Waals surface area contributed by atoms with Crippen molar-refractivity contribution in [3.05, 3.63) is 24.3 Å². The molecule has 1 unspecified atom stereocenters. The number of halogens is 2. The number of hydrogen-bond acceptors (Lipinski definition) is 3. The van der Waals surface area contributed by atoms with Crippen LogP contribution in [-0.4, -0.2) is 30.8 Å². The maximum Gasteiger partial charge on any atom is 0.494 e. The van der Waals surface area contributed by atoms with Crippen LogP contribution in [-0.2, 0) is 9.31 Å². The molecule has 1 atom stereocenters. The molecule has 3 rings (SSSR count). The third-order valence-electron chi connectivity index (χ3n) is 4.81. The first kappa shape index (κ1) is 15.7. The fourth-order valence-corrected chi connectivity index (χ4v) is 2.35. The maximum atomic E-state index is 12.8. The fraction of sp³-hybridized carbons (Fsp3) is 0.625. The molecule has 6 heteroatoms. The molecule has 0 amide bonds. The van der Waals surface area contributed by atoms with Crippen LogP contribution in [0.2, 0.25) is 0 Å². The van der Waals surface area contributed by atoms with Gasteiger partial charge in [-0.1, -0.05) is 12.1 Å². The van der Waals surface area contributed by atoms with Gasteiger partial charge in [0.1, 0.15) is 5.75 Å². The number of ether oxygens (including phenoxy) is 1. The normalized spacial score (nSPS) is 27.7. The van der Waals surface area contributed by atoms with Crippen molar-refractivity contribution in [1.82, 2.24) is 0 Å². The third-order valence-corrected chi connectivity index (χ3v) is 4.81. The minimum absolute atomic E-state index is 0.0584. The Morgan fingerprint density at radius 1 is 1.09 bits per heavy atom. The molecule has 120 valence electrons. The van der Waals surface area contributed by atoms with Gasteiger partial charge >= 0.3 is 7.12 Å². The summed E-state index contributed by atoms with van der Waals surface area (Å²) in [6.07, 6.45) is -0.0704. The molecule has 1 aliphatic carbocycles. The molecule has 2 fully saturated rings. The molecule has 3 nitrogen and oxygen atoms in total. The summed E-state index contributed by atoms with van der Waals surface area (Å²) in [5.41, 5.74) is 0.122. The molecule has 1 saturated carbocycles. The molecule has 1 aromatic carbocycles. The van der Waals surface area contributed by atoms with E-state index in [4.69, 9.17) is 14.0 Å². The van der Waals surface area contributed by atoms with Crippen molar-refractivity contribution in [2.24, 2.45) is 5.92 Å². The van der Waals surface area contributed by atoms with Crippen molar-refractivity contribution >= 4 is 12.6 Å². The molecule has 1 saturated heterocycles. The number of rotatable bonds is 4. The van der Waals surface area contributed by atoms with Gasteiger partial charge in [-0.05, 0) is 45.3 Å². The largest absolute Gasteiger partial charge is 0.494 e. The van der Waals surface area contributed by atoms with Gasteiger partial charge < -0.3 is 14.0 Å². The Morgan fingerprint density at radius 2 is 1.59 bits per heavy atom.